The minimum Gasteiger partial charge on any atom is -0.481 e. The van der Waals surface area contributed by atoms with Gasteiger partial charge in [0.05, 0.1) is 11.0 Å². The van der Waals surface area contributed by atoms with Gasteiger partial charge >= 0.3 is 5.97 Å². The van der Waals surface area contributed by atoms with E-state index in [9.17, 15) is 19.8 Å². The van der Waals surface area contributed by atoms with E-state index in [1.807, 2.05) is 0 Å². The maximum absolute atomic E-state index is 12.4. The van der Waals surface area contributed by atoms with Crippen LogP contribution >= 0.6 is 0 Å². The van der Waals surface area contributed by atoms with Crippen LogP contribution < -0.4 is 0 Å². The van der Waals surface area contributed by atoms with Gasteiger partial charge in [0.2, 0.25) is 5.91 Å². The van der Waals surface area contributed by atoms with E-state index < -0.39 is 17.0 Å². The Hall–Kier alpha value is -1.10. The average Bonchev–Trinajstić information content (AvgIpc) is 2.75. The third kappa shape index (κ3) is 3.32. The predicted octanol–water partition coefficient (Wildman–Crippen LogP) is 1.78. The highest BCUT2D eigenvalue weighted by Gasteiger charge is 2.44. The lowest BCUT2D eigenvalue weighted by atomic mass is 9.82. The van der Waals surface area contributed by atoms with Crippen LogP contribution in [0.1, 0.15) is 58.3 Å². The second-order valence-electron chi connectivity index (χ2n) is 6.70. The number of amides is 1. The largest absolute Gasteiger partial charge is 0.481 e. The molecule has 2 fully saturated rings. The number of carboxylic acid groups (broad SMARTS) is 1. The fourth-order valence-corrected chi connectivity index (χ4v) is 3.43. The first kappa shape index (κ1) is 15.3. The Morgan fingerprint density at radius 1 is 1.05 bits per heavy atom. The zero-order valence-electron chi connectivity index (χ0n) is 12.2. The van der Waals surface area contributed by atoms with Gasteiger partial charge in [-0.15, -0.1) is 0 Å². The molecule has 0 spiro atoms. The first-order chi connectivity index (χ1) is 9.35. The molecule has 1 atom stereocenters. The Labute approximate surface area is 120 Å². The molecule has 20 heavy (non-hydrogen) atoms. The first-order valence-electron chi connectivity index (χ1n) is 7.58. The normalized spacial score (nSPS) is 30.0. The molecule has 5 heteroatoms. The summed E-state index contributed by atoms with van der Waals surface area (Å²) in [6.45, 7) is 2.96. The first-order valence-corrected chi connectivity index (χ1v) is 7.58. The summed E-state index contributed by atoms with van der Waals surface area (Å²) in [5, 5.41) is 19.5. The second kappa shape index (κ2) is 5.72. The quantitative estimate of drug-likeness (QED) is 0.827. The summed E-state index contributed by atoms with van der Waals surface area (Å²) < 4.78 is 0. The number of carbonyl (C=O) groups excluding carboxylic acids is 1. The highest BCUT2D eigenvalue weighted by Crippen LogP contribution is 2.42. The Kier molecular flexibility index (Phi) is 4.37. The van der Waals surface area contributed by atoms with E-state index in [-0.39, 0.29) is 12.3 Å². The molecule has 1 saturated heterocycles. The molecule has 5 nitrogen and oxygen atoms in total. The van der Waals surface area contributed by atoms with Gasteiger partial charge < -0.3 is 15.1 Å². The summed E-state index contributed by atoms with van der Waals surface area (Å²) >= 11 is 0. The van der Waals surface area contributed by atoms with Gasteiger partial charge in [-0.25, -0.2) is 0 Å². The molecular formula is C15H25NO4. The number of carboxylic acids is 1. The molecule has 0 aromatic heterocycles. The molecule has 114 valence electrons. The lowest BCUT2D eigenvalue weighted by Crippen LogP contribution is -2.39. The van der Waals surface area contributed by atoms with Crippen molar-refractivity contribution in [3.8, 4) is 0 Å². The topological polar surface area (TPSA) is 77.8 Å². The van der Waals surface area contributed by atoms with E-state index in [0.29, 0.717) is 38.8 Å². The van der Waals surface area contributed by atoms with Crippen LogP contribution in [0.4, 0.5) is 0 Å². The summed E-state index contributed by atoms with van der Waals surface area (Å²) in [6.07, 6.45) is 5.17. The lowest BCUT2D eigenvalue weighted by molar-refractivity contribution is -0.153. The van der Waals surface area contributed by atoms with Crippen molar-refractivity contribution in [3.63, 3.8) is 0 Å². The average molecular weight is 283 g/mol. The molecule has 1 saturated carbocycles. The number of carbonyl (C=O) groups is 2. The third-order valence-corrected chi connectivity index (χ3v) is 4.92. The summed E-state index contributed by atoms with van der Waals surface area (Å²) in [5.74, 6) is -0.892. The molecule has 2 aliphatic rings. The molecular weight excluding hydrogens is 258 g/mol. The fraction of sp³-hybridized carbons (Fsp3) is 0.867. The highest BCUT2D eigenvalue weighted by atomic mass is 16.4. The number of hydrogen-bond donors (Lipinski definition) is 2. The van der Waals surface area contributed by atoms with Crippen LogP contribution in [0.5, 0.6) is 0 Å². The van der Waals surface area contributed by atoms with Gasteiger partial charge in [0, 0.05) is 19.5 Å². The van der Waals surface area contributed by atoms with Gasteiger partial charge in [0.15, 0.2) is 0 Å². The zero-order chi connectivity index (χ0) is 14.8. The Morgan fingerprint density at radius 2 is 1.70 bits per heavy atom. The Balaban J connectivity index is 1.99. The number of rotatable bonds is 3. The van der Waals surface area contributed by atoms with Crippen LogP contribution in [0, 0.1) is 5.41 Å². The van der Waals surface area contributed by atoms with Crippen LogP contribution in [-0.4, -0.2) is 45.7 Å². The van der Waals surface area contributed by atoms with Crippen molar-refractivity contribution < 1.29 is 19.8 Å². The maximum atomic E-state index is 12.4. The van der Waals surface area contributed by atoms with Gasteiger partial charge in [-0.1, -0.05) is 12.8 Å². The van der Waals surface area contributed by atoms with Crippen molar-refractivity contribution in [2.45, 2.75) is 63.9 Å². The number of nitrogens with zero attached hydrogens (tertiary/aromatic N) is 1. The highest BCUT2D eigenvalue weighted by molar-refractivity contribution is 5.85. The van der Waals surface area contributed by atoms with Gasteiger partial charge in [-0.3, -0.25) is 9.59 Å². The van der Waals surface area contributed by atoms with E-state index in [1.165, 1.54) is 0 Å². The van der Waals surface area contributed by atoms with Gasteiger partial charge in [-0.05, 0) is 39.0 Å². The molecule has 1 unspecified atom stereocenters. The van der Waals surface area contributed by atoms with E-state index >= 15 is 0 Å². The van der Waals surface area contributed by atoms with Gasteiger partial charge in [0.1, 0.15) is 0 Å². The molecule has 0 aromatic carbocycles. The van der Waals surface area contributed by atoms with Crippen LogP contribution in [0.2, 0.25) is 0 Å². The molecule has 2 rings (SSSR count). The Bertz CT molecular complexity index is 385. The van der Waals surface area contributed by atoms with E-state index in [1.54, 1.807) is 11.8 Å². The minimum atomic E-state index is -0.841. The van der Waals surface area contributed by atoms with Crippen LogP contribution in [0.15, 0.2) is 0 Å². The van der Waals surface area contributed by atoms with Crippen LogP contribution in [-0.2, 0) is 9.59 Å². The summed E-state index contributed by atoms with van der Waals surface area (Å²) in [5.41, 5.74) is -1.54. The Morgan fingerprint density at radius 3 is 2.30 bits per heavy atom. The van der Waals surface area contributed by atoms with Gasteiger partial charge in [-0.2, -0.15) is 0 Å². The molecule has 1 aliphatic carbocycles. The van der Waals surface area contributed by atoms with Crippen molar-refractivity contribution in [3.05, 3.63) is 0 Å². The molecule has 0 aromatic rings. The van der Waals surface area contributed by atoms with Gasteiger partial charge in [0.25, 0.3) is 0 Å². The van der Waals surface area contributed by atoms with Crippen LogP contribution in [0.3, 0.4) is 0 Å². The number of aliphatic carboxylic acids is 1. The summed E-state index contributed by atoms with van der Waals surface area (Å²) in [4.78, 5) is 25.7. The number of aliphatic hydroxyl groups is 1. The predicted molar refractivity (Wildman–Crippen MR) is 74.2 cm³/mol. The van der Waals surface area contributed by atoms with Crippen molar-refractivity contribution in [1.82, 2.24) is 4.90 Å². The molecule has 1 aliphatic heterocycles. The molecule has 0 bridgehead atoms. The zero-order valence-corrected chi connectivity index (χ0v) is 12.2. The third-order valence-electron chi connectivity index (χ3n) is 4.92. The van der Waals surface area contributed by atoms with E-state index in [0.717, 1.165) is 19.3 Å². The van der Waals surface area contributed by atoms with E-state index in [2.05, 4.69) is 0 Å². The second-order valence-corrected chi connectivity index (χ2v) is 6.70. The standard InChI is InChI=1S/C15H25NO4/c1-14(20)5-4-9-16(10-8-14)12(17)11-15(13(18)19)6-2-3-7-15/h20H,2-11H2,1H3,(H,18,19). The number of hydrogen-bond acceptors (Lipinski definition) is 3. The maximum Gasteiger partial charge on any atom is 0.310 e. The smallest absolute Gasteiger partial charge is 0.310 e. The molecule has 2 N–H and O–H groups in total. The number of likely N-dealkylation sites (tertiary alicyclic amines) is 1. The summed E-state index contributed by atoms with van der Waals surface area (Å²) in [6, 6.07) is 0. The molecule has 0 radical (unpaired) electrons. The van der Waals surface area contributed by atoms with Crippen molar-refractivity contribution in [2.75, 3.05) is 13.1 Å². The summed E-state index contributed by atoms with van der Waals surface area (Å²) in [7, 11) is 0. The van der Waals surface area contributed by atoms with Crippen molar-refractivity contribution >= 4 is 11.9 Å². The van der Waals surface area contributed by atoms with Crippen molar-refractivity contribution in [1.29, 1.82) is 0 Å². The molecule has 1 heterocycles. The SMILES string of the molecule is CC1(O)CCCN(C(=O)CC2(C(=O)O)CCCC2)CC1. The van der Waals surface area contributed by atoms with E-state index in [4.69, 9.17) is 0 Å². The molecule has 1 amide bonds. The minimum absolute atomic E-state index is 0.0630. The fourth-order valence-electron chi connectivity index (χ4n) is 3.43. The van der Waals surface area contributed by atoms with Crippen LogP contribution in [0.25, 0.3) is 0 Å². The lowest BCUT2D eigenvalue weighted by Gasteiger charge is -2.28. The van der Waals surface area contributed by atoms with Crippen molar-refractivity contribution in [2.24, 2.45) is 5.41 Å². The monoisotopic (exact) mass is 283 g/mol.